The lowest BCUT2D eigenvalue weighted by atomic mass is 10.1. The molecule has 0 aromatic heterocycles. The lowest BCUT2D eigenvalue weighted by Gasteiger charge is -2.25. The topological polar surface area (TPSA) is 49.4 Å². The van der Waals surface area contributed by atoms with Crippen LogP contribution in [-0.2, 0) is 16.1 Å². The summed E-state index contributed by atoms with van der Waals surface area (Å²) >= 11 is 0. The zero-order valence-corrected chi connectivity index (χ0v) is 9.90. The van der Waals surface area contributed by atoms with Crippen LogP contribution in [0.3, 0.4) is 0 Å². The van der Waals surface area contributed by atoms with Gasteiger partial charge >= 0.3 is 0 Å². The van der Waals surface area contributed by atoms with Crippen molar-refractivity contribution in [3.63, 3.8) is 0 Å². The number of amides is 2. The van der Waals surface area contributed by atoms with Crippen LogP contribution in [0.2, 0.25) is 0 Å². The molecule has 2 rings (SSSR count). The number of benzene rings is 1. The van der Waals surface area contributed by atoms with Crippen LogP contribution >= 0.6 is 0 Å². The van der Waals surface area contributed by atoms with Gasteiger partial charge in [0, 0.05) is 19.4 Å². The molecule has 4 heteroatoms. The maximum Gasteiger partial charge on any atom is 0.233 e. The summed E-state index contributed by atoms with van der Waals surface area (Å²) in [5, 5.41) is 3.05. The number of hydrogen-bond donors (Lipinski definition) is 1. The maximum atomic E-state index is 11.8. The lowest BCUT2D eigenvalue weighted by molar-refractivity contribution is -0.129. The smallest absolute Gasteiger partial charge is 0.233 e. The second-order valence-electron chi connectivity index (χ2n) is 4.18. The van der Waals surface area contributed by atoms with E-state index in [1.807, 2.05) is 25.2 Å². The van der Waals surface area contributed by atoms with Crippen LogP contribution in [0.1, 0.15) is 24.8 Å². The normalized spacial score (nSPS) is 16.4. The number of imide groups is 1. The average molecular weight is 232 g/mol. The van der Waals surface area contributed by atoms with E-state index >= 15 is 0 Å². The highest BCUT2D eigenvalue weighted by atomic mass is 16.2. The number of carbonyl (C=O) groups is 2. The quantitative estimate of drug-likeness (QED) is 0.802. The van der Waals surface area contributed by atoms with Crippen LogP contribution in [0.4, 0.5) is 5.69 Å². The number of carbonyl (C=O) groups excluding carboxylic acids is 2. The molecule has 17 heavy (non-hydrogen) atoms. The van der Waals surface area contributed by atoms with E-state index in [0.717, 1.165) is 12.1 Å². The molecule has 1 saturated heterocycles. The minimum Gasteiger partial charge on any atom is -0.316 e. The molecule has 1 aromatic carbocycles. The summed E-state index contributed by atoms with van der Waals surface area (Å²) in [5.74, 6) is -0.189. The Labute approximate surface area is 101 Å². The number of anilines is 1. The monoisotopic (exact) mass is 232 g/mol. The molecule has 0 atom stereocenters. The van der Waals surface area contributed by atoms with Gasteiger partial charge in [-0.2, -0.15) is 0 Å². The Morgan fingerprint density at radius 1 is 1.24 bits per heavy atom. The van der Waals surface area contributed by atoms with E-state index in [0.29, 0.717) is 24.9 Å². The first-order valence-corrected chi connectivity index (χ1v) is 5.81. The van der Waals surface area contributed by atoms with Crippen molar-refractivity contribution in [2.45, 2.75) is 25.8 Å². The Morgan fingerprint density at radius 2 is 1.94 bits per heavy atom. The number of piperidine rings is 1. The molecule has 0 unspecified atom stereocenters. The van der Waals surface area contributed by atoms with Gasteiger partial charge in [-0.05, 0) is 31.2 Å². The molecule has 1 aliphatic heterocycles. The molecule has 2 amide bonds. The molecular weight excluding hydrogens is 216 g/mol. The van der Waals surface area contributed by atoms with Crippen LogP contribution in [0, 0.1) is 0 Å². The van der Waals surface area contributed by atoms with Crippen LogP contribution in [0.15, 0.2) is 24.3 Å². The van der Waals surface area contributed by atoms with Gasteiger partial charge in [-0.25, -0.2) is 0 Å². The van der Waals surface area contributed by atoms with Crippen LogP contribution in [0.5, 0.6) is 0 Å². The Bertz CT molecular complexity index is 427. The fraction of sp³-hybridized carbons (Fsp3) is 0.385. The molecule has 0 aliphatic carbocycles. The standard InChI is InChI=1S/C13H16N2O2/c1-14-9-10-4-2-5-11(8-10)15-12(16)6-3-7-13(15)17/h2,4-5,8,14H,3,6-7,9H2,1H3. The van der Waals surface area contributed by atoms with Gasteiger partial charge in [-0.3, -0.25) is 14.5 Å². The summed E-state index contributed by atoms with van der Waals surface area (Å²) in [6.07, 6.45) is 1.59. The van der Waals surface area contributed by atoms with Gasteiger partial charge < -0.3 is 5.32 Å². The molecule has 1 aliphatic rings. The van der Waals surface area contributed by atoms with Crippen molar-refractivity contribution in [1.29, 1.82) is 0 Å². The first-order valence-electron chi connectivity index (χ1n) is 5.81. The van der Waals surface area contributed by atoms with Crippen molar-refractivity contribution in [1.82, 2.24) is 5.32 Å². The predicted octanol–water partition coefficient (Wildman–Crippen LogP) is 1.45. The van der Waals surface area contributed by atoms with Crippen molar-refractivity contribution in [2.75, 3.05) is 11.9 Å². The summed E-state index contributed by atoms with van der Waals surface area (Å²) in [7, 11) is 1.86. The van der Waals surface area contributed by atoms with Crippen molar-refractivity contribution in [2.24, 2.45) is 0 Å². The van der Waals surface area contributed by atoms with Crippen molar-refractivity contribution < 1.29 is 9.59 Å². The highest BCUT2D eigenvalue weighted by molar-refractivity contribution is 6.16. The second kappa shape index (κ2) is 5.10. The maximum absolute atomic E-state index is 11.8. The highest BCUT2D eigenvalue weighted by Gasteiger charge is 2.27. The van der Waals surface area contributed by atoms with Crippen molar-refractivity contribution in [3.8, 4) is 0 Å². The van der Waals surface area contributed by atoms with E-state index < -0.39 is 0 Å². The summed E-state index contributed by atoms with van der Waals surface area (Å²) in [6, 6.07) is 7.54. The van der Waals surface area contributed by atoms with Gasteiger partial charge in [0.25, 0.3) is 0 Å². The van der Waals surface area contributed by atoms with Crippen molar-refractivity contribution >= 4 is 17.5 Å². The minimum absolute atomic E-state index is 0.0946. The highest BCUT2D eigenvalue weighted by Crippen LogP contribution is 2.22. The molecule has 1 heterocycles. The fourth-order valence-corrected chi connectivity index (χ4v) is 2.05. The van der Waals surface area contributed by atoms with Gasteiger partial charge in [0.05, 0.1) is 5.69 Å². The molecule has 4 nitrogen and oxygen atoms in total. The van der Waals surface area contributed by atoms with E-state index in [4.69, 9.17) is 0 Å². The third-order valence-electron chi connectivity index (χ3n) is 2.83. The molecule has 1 N–H and O–H groups in total. The Balaban J connectivity index is 2.28. The van der Waals surface area contributed by atoms with E-state index in [9.17, 15) is 9.59 Å². The van der Waals surface area contributed by atoms with Crippen molar-refractivity contribution in [3.05, 3.63) is 29.8 Å². The minimum atomic E-state index is -0.0946. The Kier molecular flexibility index (Phi) is 3.54. The Hall–Kier alpha value is -1.68. The van der Waals surface area contributed by atoms with E-state index in [1.54, 1.807) is 6.07 Å². The molecule has 0 spiro atoms. The summed E-state index contributed by atoms with van der Waals surface area (Å²) in [5.41, 5.74) is 1.75. The third-order valence-corrected chi connectivity index (χ3v) is 2.83. The molecule has 90 valence electrons. The molecule has 0 bridgehead atoms. The second-order valence-corrected chi connectivity index (χ2v) is 4.18. The van der Waals surface area contributed by atoms with Crippen LogP contribution in [-0.4, -0.2) is 18.9 Å². The number of hydrogen-bond acceptors (Lipinski definition) is 3. The molecular formula is C13H16N2O2. The SMILES string of the molecule is CNCc1cccc(N2C(=O)CCCC2=O)c1. The average Bonchev–Trinajstić information content (AvgIpc) is 2.30. The first-order chi connectivity index (χ1) is 8.22. The number of nitrogens with one attached hydrogen (secondary N) is 1. The van der Waals surface area contributed by atoms with E-state index in [1.165, 1.54) is 4.90 Å². The number of nitrogens with zero attached hydrogens (tertiary/aromatic N) is 1. The zero-order valence-electron chi connectivity index (χ0n) is 9.90. The number of rotatable bonds is 3. The van der Waals surface area contributed by atoms with Gasteiger partial charge in [-0.15, -0.1) is 0 Å². The molecule has 1 fully saturated rings. The van der Waals surface area contributed by atoms with Gasteiger partial charge in [0.15, 0.2) is 0 Å². The van der Waals surface area contributed by atoms with Gasteiger partial charge in [0.1, 0.15) is 0 Å². The molecule has 0 saturated carbocycles. The van der Waals surface area contributed by atoms with Crippen LogP contribution in [0.25, 0.3) is 0 Å². The fourth-order valence-electron chi connectivity index (χ4n) is 2.05. The van der Waals surface area contributed by atoms with Gasteiger partial charge in [0.2, 0.25) is 11.8 Å². The van der Waals surface area contributed by atoms with Crippen LogP contribution < -0.4 is 10.2 Å². The van der Waals surface area contributed by atoms with E-state index in [-0.39, 0.29) is 11.8 Å². The Morgan fingerprint density at radius 3 is 2.59 bits per heavy atom. The largest absolute Gasteiger partial charge is 0.316 e. The molecule has 0 radical (unpaired) electrons. The van der Waals surface area contributed by atoms with Gasteiger partial charge in [-0.1, -0.05) is 12.1 Å². The first kappa shape index (κ1) is 11.8. The van der Waals surface area contributed by atoms with E-state index in [2.05, 4.69) is 5.32 Å². The summed E-state index contributed by atoms with van der Waals surface area (Å²) in [4.78, 5) is 24.8. The predicted molar refractivity (Wildman–Crippen MR) is 65.5 cm³/mol. The zero-order chi connectivity index (χ0) is 12.3. The molecule has 1 aromatic rings. The summed E-state index contributed by atoms with van der Waals surface area (Å²) < 4.78 is 0. The third kappa shape index (κ3) is 2.53. The summed E-state index contributed by atoms with van der Waals surface area (Å²) in [6.45, 7) is 0.726. The lowest BCUT2D eigenvalue weighted by Crippen LogP contribution is -2.40.